The number of rotatable bonds is 8. The molecule has 0 spiro atoms. The third kappa shape index (κ3) is 5.54. The molecule has 2 N–H and O–H groups in total. The van der Waals surface area contributed by atoms with Crippen molar-refractivity contribution in [1.82, 2.24) is 14.7 Å². The fourth-order valence-corrected chi connectivity index (χ4v) is 2.92. The number of hydrogen-bond acceptors (Lipinski definition) is 6. The van der Waals surface area contributed by atoms with Gasteiger partial charge in [0.05, 0.1) is 12.8 Å². The van der Waals surface area contributed by atoms with Crippen LogP contribution in [0.2, 0.25) is 0 Å². The molecule has 1 saturated heterocycles. The molecule has 1 aliphatic heterocycles. The molecule has 1 aromatic carbocycles. The van der Waals surface area contributed by atoms with Gasteiger partial charge in [-0.2, -0.15) is 0 Å². The maximum atomic E-state index is 5.90. The van der Waals surface area contributed by atoms with Gasteiger partial charge in [-0.05, 0) is 33.3 Å². The Balaban J connectivity index is 1.75. The van der Waals surface area contributed by atoms with E-state index in [1.54, 1.807) is 7.11 Å². The van der Waals surface area contributed by atoms with E-state index in [0.717, 1.165) is 58.1 Å². The Morgan fingerprint density at radius 2 is 1.75 bits per heavy atom. The first-order chi connectivity index (χ1) is 11.5. The van der Waals surface area contributed by atoms with Gasteiger partial charge in [-0.3, -0.25) is 4.90 Å². The van der Waals surface area contributed by atoms with Crippen molar-refractivity contribution >= 4 is 11.4 Å². The highest BCUT2D eigenvalue weighted by Crippen LogP contribution is 2.27. The van der Waals surface area contributed by atoms with Crippen LogP contribution >= 0.6 is 0 Å². The fourth-order valence-electron chi connectivity index (χ4n) is 2.92. The quantitative estimate of drug-likeness (QED) is 0.712. The molecule has 0 atom stereocenters. The third-order valence-electron chi connectivity index (χ3n) is 4.68. The highest BCUT2D eigenvalue weighted by atomic mass is 16.5. The molecule has 0 saturated carbocycles. The van der Waals surface area contributed by atoms with Crippen molar-refractivity contribution < 1.29 is 4.74 Å². The standard InChI is InChI=1S/C18H33N5O/c1-20(2)7-8-21(3)9-10-22-11-13-23(14-12-22)16-5-6-17(19)18(15-16)24-4/h5-6,15H,7-14,19H2,1-4H3. The minimum Gasteiger partial charge on any atom is -0.495 e. The summed E-state index contributed by atoms with van der Waals surface area (Å²) in [6, 6.07) is 6.06. The Morgan fingerprint density at radius 1 is 1.04 bits per heavy atom. The molecule has 6 heteroatoms. The molecule has 2 rings (SSSR count). The first-order valence-electron chi connectivity index (χ1n) is 8.73. The monoisotopic (exact) mass is 335 g/mol. The van der Waals surface area contributed by atoms with Crippen molar-refractivity contribution in [3.63, 3.8) is 0 Å². The normalized spacial score (nSPS) is 16.2. The molecule has 1 heterocycles. The zero-order valence-corrected chi connectivity index (χ0v) is 15.7. The summed E-state index contributed by atoms with van der Waals surface area (Å²) in [5.74, 6) is 0.762. The summed E-state index contributed by atoms with van der Waals surface area (Å²) >= 11 is 0. The summed E-state index contributed by atoms with van der Waals surface area (Å²) in [6.45, 7) is 8.82. The van der Waals surface area contributed by atoms with Crippen LogP contribution in [0, 0.1) is 0 Å². The number of nitrogens with two attached hydrogens (primary N) is 1. The zero-order chi connectivity index (χ0) is 17.5. The van der Waals surface area contributed by atoms with E-state index in [1.165, 1.54) is 5.69 Å². The van der Waals surface area contributed by atoms with E-state index >= 15 is 0 Å². The molecule has 1 aliphatic rings. The summed E-state index contributed by atoms with van der Waals surface area (Å²) in [6.07, 6.45) is 0. The van der Waals surface area contributed by atoms with Crippen molar-refractivity contribution in [1.29, 1.82) is 0 Å². The average molecular weight is 335 g/mol. The number of benzene rings is 1. The number of methoxy groups -OCH3 is 1. The van der Waals surface area contributed by atoms with Crippen molar-refractivity contribution in [3.05, 3.63) is 18.2 Å². The van der Waals surface area contributed by atoms with Crippen LogP contribution in [-0.2, 0) is 0 Å². The number of piperazine rings is 1. The zero-order valence-electron chi connectivity index (χ0n) is 15.7. The van der Waals surface area contributed by atoms with Crippen LogP contribution in [0.5, 0.6) is 5.75 Å². The van der Waals surface area contributed by atoms with Crippen LogP contribution in [0.1, 0.15) is 0 Å². The van der Waals surface area contributed by atoms with E-state index in [2.05, 4.69) is 46.8 Å². The van der Waals surface area contributed by atoms with Crippen LogP contribution in [-0.4, -0.2) is 95.3 Å². The molecular weight excluding hydrogens is 302 g/mol. The van der Waals surface area contributed by atoms with Gasteiger partial charge in [0, 0.05) is 64.1 Å². The molecule has 0 unspecified atom stereocenters. The maximum Gasteiger partial charge on any atom is 0.143 e. The highest BCUT2D eigenvalue weighted by molar-refractivity contribution is 5.62. The van der Waals surface area contributed by atoms with Crippen molar-refractivity contribution in [2.24, 2.45) is 0 Å². The molecule has 1 aromatic rings. The number of nitrogen functional groups attached to an aromatic ring is 1. The van der Waals surface area contributed by atoms with E-state index in [0.29, 0.717) is 5.69 Å². The first kappa shape index (κ1) is 18.8. The minimum absolute atomic E-state index is 0.695. The number of nitrogens with zero attached hydrogens (tertiary/aromatic N) is 4. The predicted octanol–water partition coefficient (Wildman–Crippen LogP) is 0.893. The lowest BCUT2D eigenvalue weighted by Crippen LogP contribution is -2.48. The van der Waals surface area contributed by atoms with Gasteiger partial charge in [0.25, 0.3) is 0 Å². The van der Waals surface area contributed by atoms with Gasteiger partial charge in [-0.1, -0.05) is 0 Å². The number of likely N-dealkylation sites (N-methyl/N-ethyl adjacent to an activating group) is 2. The van der Waals surface area contributed by atoms with Gasteiger partial charge in [0.2, 0.25) is 0 Å². The van der Waals surface area contributed by atoms with E-state index < -0.39 is 0 Å². The number of anilines is 2. The Morgan fingerprint density at radius 3 is 2.38 bits per heavy atom. The Labute approximate surface area is 146 Å². The van der Waals surface area contributed by atoms with Crippen molar-refractivity contribution in [2.75, 3.05) is 91.2 Å². The lowest BCUT2D eigenvalue weighted by molar-refractivity contribution is 0.206. The summed E-state index contributed by atoms with van der Waals surface area (Å²) in [7, 11) is 8.12. The second kappa shape index (κ2) is 9.11. The molecule has 6 nitrogen and oxygen atoms in total. The first-order valence-corrected chi connectivity index (χ1v) is 8.73. The minimum atomic E-state index is 0.695. The molecule has 0 amide bonds. The molecule has 0 aliphatic carbocycles. The molecule has 0 aromatic heterocycles. The molecule has 136 valence electrons. The molecule has 24 heavy (non-hydrogen) atoms. The lowest BCUT2D eigenvalue weighted by Gasteiger charge is -2.37. The average Bonchev–Trinajstić information content (AvgIpc) is 2.59. The van der Waals surface area contributed by atoms with Crippen molar-refractivity contribution in [2.45, 2.75) is 0 Å². The van der Waals surface area contributed by atoms with Crippen molar-refractivity contribution in [3.8, 4) is 5.75 Å². The Bertz CT molecular complexity index is 500. The predicted molar refractivity (Wildman–Crippen MR) is 102 cm³/mol. The topological polar surface area (TPSA) is 48.2 Å². The van der Waals surface area contributed by atoms with Gasteiger partial charge >= 0.3 is 0 Å². The van der Waals surface area contributed by atoms with Crippen LogP contribution in [0.4, 0.5) is 11.4 Å². The smallest absolute Gasteiger partial charge is 0.143 e. The molecule has 0 radical (unpaired) electrons. The Hall–Kier alpha value is -1.50. The third-order valence-corrected chi connectivity index (χ3v) is 4.68. The summed E-state index contributed by atoms with van der Waals surface area (Å²) in [5, 5.41) is 0. The number of ether oxygens (including phenoxy) is 1. The van der Waals surface area contributed by atoms with Gasteiger partial charge in [0.15, 0.2) is 0 Å². The SMILES string of the molecule is COc1cc(N2CCN(CCN(C)CCN(C)C)CC2)ccc1N. The van der Waals surface area contributed by atoms with Crippen LogP contribution in [0.15, 0.2) is 18.2 Å². The largest absolute Gasteiger partial charge is 0.495 e. The summed E-state index contributed by atoms with van der Waals surface area (Å²) in [5.41, 5.74) is 7.80. The highest BCUT2D eigenvalue weighted by Gasteiger charge is 2.18. The van der Waals surface area contributed by atoms with E-state index in [9.17, 15) is 0 Å². The van der Waals surface area contributed by atoms with Crippen LogP contribution in [0.3, 0.4) is 0 Å². The van der Waals surface area contributed by atoms with Gasteiger partial charge in [-0.15, -0.1) is 0 Å². The van der Waals surface area contributed by atoms with Gasteiger partial charge in [-0.25, -0.2) is 0 Å². The second-order valence-electron chi connectivity index (χ2n) is 6.86. The van der Waals surface area contributed by atoms with Crippen LogP contribution in [0.25, 0.3) is 0 Å². The molecule has 1 fully saturated rings. The Kier molecular flexibility index (Phi) is 7.15. The van der Waals surface area contributed by atoms with E-state index in [-0.39, 0.29) is 0 Å². The molecular formula is C18H33N5O. The van der Waals surface area contributed by atoms with Crippen LogP contribution < -0.4 is 15.4 Å². The fraction of sp³-hybridized carbons (Fsp3) is 0.667. The van der Waals surface area contributed by atoms with E-state index in [4.69, 9.17) is 10.5 Å². The van der Waals surface area contributed by atoms with Gasteiger partial charge < -0.3 is 25.2 Å². The van der Waals surface area contributed by atoms with E-state index in [1.807, 2.05) is 12.1 Å². The van der Waals surface area contributed by atoms with Gasteiger partial charge in [0.1, 0.15) is 5.75 Å². The summed E-state index contributed by atoms with van der Waals surface area (Å²) < 4.78 is 5.33. The maximum absolute atomic E-state index is 5.90. The molecule has 0 bridgehead atoms. The second-order valence-corrected chi connectivity index (χ2v) is 6.86. The number of hydrogen-bond donors (Lipinski definition) is 1. The lowest BCUT2D eigenvalue weighted by atomic mass is 10.2. The summed E-state index contributed by atoms with van der Waals surface area (Å²) in [4.78, 5) is 9.61.